The lowest BCUT2D eigenvalue weighted by Gasteiger charge is -2.37. The molecule has 1 atom stereocenters. The van der Waals surface area contributed by atoms with E-state index in [2.05, 4.69) is 29.7 Å². The van der Waals surface area contributed by atoms with Gasteiger partial charge in [0.25, 0.3) is 0 Å². The van der Waals surface area contributed by atoms with Crippen LogP contribution in [0.15, 0.2) is 24.3 Å². The standard InChI is InChI=1S/C22H33N3O3.ClH/c1-3-4-17-5-7-19(8-6-17)25-14-18(13-20(25)26)21(27)24-15-22(16-28-2)9-11-23-12-10-22;/h5-8,18,23H,3-4,9-16H2,1-2H3,(H,24,27);1H. The predicted molar refractivity (Wildman–Crippen MR) is 118 cm³/mol. The van der Waals surface area contributed by atoms with Crippen LogP contribution in [0.1, 0.15) is 38.2 Å². The van der Waals surface area contributed by atoms with E-state index in [1.807, 2.05) is 12.1 Å². The summed E-state index contributed by atoms with van der Waals surface area (Å²) in [6, 6.07) is 8.13. The zero-order valence-corrected chi connectivity index (χ0v) is 18.4. The Kier molecular flexibility index (Phi) is 8.93. The molecule has 0 saturated carbocycles. The Morgan fingerprint density at radius 1 is 1.28 bits per heavy atom. The van der Waals surface area contributed by atoms with Gasteiger partial charge in [-0.15, -0.1) is 12.4 Å². The molecule has 2 saturated heterocycles. The number of anilines is 1. The summed E-state index contributed by atoms with van der Waals surface area (Å²) < 4.78 is 5.42. The molecule has 2 amide bonds. The van der Waals surface area contributed by atoms with Crippen LogP contribution in [-0.4, -0.2) is 51.7 Å². The molecule has 2 aliphatic heterocycles. The summed E-state index contributed by atoms with van der Waals surface area (Å²) in [6.45, 7) is 5.76. The molecule has 0 aromatic heterocycles. The molecular weight excluding hydrogens is 390 g/mol. The lowest BCUT2D eigenvalue weighted by atomic mass is 9.79. The van der Waals surface area contributed by atoms with Crippen molar-refractivity contribution in [3.8, 4) is 0 Å². The normalized spacial score (nSPS) is 21.0. The number of carbonyl (C=O) groups is 2. The average Bonchev–Trinajstić information content (AvgIpc) is 3.10. The van der Waals surface area contributed by atoms with Crippen molar-refractivity contribution >= 4 is 29.9 Å². The van der Waals surface area contributed by atoms with Gasteiger partial charge in [0, 0.05) is 37.7 Å². The first-order chi connectivity index (χ1) is 13.6. The SMILES string of the molecule is CCCc1ccc(N2CC(C(=O)NCC3(COC)CCNCC3)CC2=O)cc1.Cl. The molecule has 1 unspecified atom stereocenters. The Morgan fingerprint density at radius 2 is 1.97 bits per heavy atom. The molecule has 0 aliphatic carbocycles. The molecule has 2 fully saturated rings. The molecular formula is C22H34ClN3O3. The van der Waals surface area contributed by atoms with Crippen molar-refractivity contribution in [3.63, 3.8) is 0 Å². The maximum absolute atomic E-state index is 12.7. The number of ether oxygens (including phenoxy) is 1. The molecule has 29 heavy (non-hydrogen) atoms. The van der Waals surface area contributed by atoms with Crippen LogP contribution in [0.5, 0.6) is 0 Å². The van der Waals surface area contributed by atoms with Crippen LogP contribution in [0.2, 0.25) is 0 Å². The minimum absolute atomic E-state index is 0. The number of carbonyl (C=O) groups excluding carboxylic acids is 2. The molecule has 1 aromatic rings. The molecule has 2 aliphatic rings. The Morgan fingerprint density at radius 3 is 2.59 bits per heavy atom. The largest absolute Gasteiger partial charge is 0.384 e. The van der Waals surface area contributed by atoms with Crippen molar-refractivity contribution in [2.45, 2.75) is 39.0 Å². The zero-order valence-electron chi connectivity index (χ0n) is 17.5. The number of amides is 2. The van der Waals surface area contributed by atoms with Gasteiger partial charge in [0.2, 0.25) is 11.8 Å². The Labute approximate surface area is 180 Å². The minimum atomic E-state index is -0.288. The molecule has 1 aromatic carbocycles. The Hall–Kier alpha value is -1.63. The molecule has 0 bridgehead atoms. The van der Waals surface area contributed by atoms with Crippen LogP contribution in [0, 0.1) is 11.3 Å². The van der Waals surface area contributed by atoms with Crippen LogP contribution in [-0.2, 0) is 20.7 Å². The number of aryl methyl sites for hydroxylation is 1. The van der Waals surface area contributed by atoms with Gasteiger partial charge in [-0.2, -0.15) is 0 Å². The maximum Gasteiger partial charge on any atom is 0.227 e. The summed E-state index contributed by atoms with van der Waals surface area (Å²) in [6.07, 6.45) is 4.39. The lowest BCUT2D eigenvalue weighted by molar-refractivity contribution is -0.127. The van der Waals surface area contributed by atoms with E-state index in [-0.39, 0.29) is 42.0 Å². The number of rotatable bonds is 8. The first kappa shape index (κ1) is 23.6. The third-order valence-electron chi connectivity index (χ3n) is 6.03. The van der Waals surface area contributed by atoms with Gasteiger partial charge >= 0.3 is 0 Å². The topological polar surface area (TPSA) is 70.7 Å². The second kappa shape index (κ2) is 11.0. The summed E-state index contributed by atoms with van der Waals surface area (Å²) in [5.74, 6) is -0.284. The number of methoxy groups -OCH3 is 1. The Bertz CT molecular complexity index is 669. The second-order valence-electron chi connectivity index (χ2n) is 8.22. The second-order valence-corrected chi connectivity index (χ2v) is 8.22. The van der Waals surface area contributed by atoms with E-state index in [9.17, 15) is 9.59 Å². The first-order valence-corrected chi connectivity index (χ1v) is 10.4. The fourth-order valence-corrected chi connectivity index (χ4v) is 4.32. The number of hydrogen-bond acceptors (Lipinski definition) is 4. The van der Waals surface area contributed by atoms with Crippen molar-refractivity contribution in [1.82, 2.24) is 10.6 Å². The number of halogens is 1. The van der Waals surface area contributed by atoms with Crippen molar-refractivity contribution < 1.29 is 14.3 Å². The molecule has 2 N–H and O–H groups in total. The lowest BCUT2D eigenvalue weighted by Crippen LogP contribution is -2.48. The number of piperidine rings is 1. The van der Waals surface area contributed by atoms with Gasteiger partial charge in [-0.25, -0.2) is 0 Å². The molecule has 2 heterocycles. The van der Waals surface area contributed by atoms with Gasteiger partial charge in [-0.05, 0) is 50.0 Å². The van der Waals surface area contributed by atoms with E-state index in [1.165, 1.54) is 5.56 Å². The van der Waals surface area contributed by atoms with Gasteiger partial charge in [-0.3, -0.25) is 9.59 Å². The van der Waals surface area contributed by atoms with Crippen LogP contribution in [0.4, 0.5) is 5.69 Å². The monoisotopic (exact) mass is 423 g/mol. The molecule has 6 nitrogen and oxygen atoms in total. The highest BCUT2D eigenvalue weighted by molar-refractivity contribution is 6.00. The van der Waals surface area contributed by atoms with Gasteiger partial charge in [-0.1, -0.05) is 25.5 Å². The van der Waals surface area contributed by atoms with Crippen molar-refractivity contribution in [2.75, 3.05) is 44.8 Å². The number of benzene rings is 1. The van der Waals surface area contributed by atoms with Crippen LogP contribution >= 0.6 is 12.4 Å². The summed E-state index contributed by atoms with van der Waals surface area (Å²) in [5.41, 5.74) is 2.15. The quantitative estimate of drug-likeness (QED) is 0.674. The van der Waals surface area contributed by atoms with E-state index in [4.69, 9.17) is 4.74 Å². The van der Waals surface area contributed by atoms with Gasteiger partial charge in [0.05, 0.1) is 12.5 Å². The van der Waals surface area contributed by atoms with Gasteiger partial charge < -0.3 is 20.3 Å². The third-order valence-corrected chi connectivity index (χ3v) is 6.03. The fourth-order valence-electron chi connectivity index (χ4n) is 4.32. The highest BCUT2D eigenvalue weighted by Gasteiger charge is 2.37. The number of nitrogens with zero attached hydrogens (tertiary/aromatic N) is 1. The van der Waals surface area contributed by atoms with E-state index in [0.717, 1.165) is 44.5 Å². The molecule has 0 radical (unpaired) electrons. The summed E-state index contributed by atoms with van der Waals surface area (Å²) in [7, 11) is 1.71. The summed E-state index contributed by atoms with van der Waals surface area (Å²) >= 11 is 0. The Balaban J connectivity index is 0.00000300. The number of nitrogens with one attached hydrogen (secondary N) is 2. The van der Waals surface area contributed by atoms with Gasteiger partial charge in [0.1, 0.15) is 0 Å². The van der Waals surface area contributed by atoms with Gasteiger partial charge in [0.15, 0.2) is 0 Å². The molecule has 7 heteroatoms. The predicted octanol–water partition coefficient (Wildman–Crippen LogP) is 2.55. The highest BCUT2D eigenvalue weighted by atomic mass is 35.5. The minimum Gasteiger partial charge on any atom is -0.384 e. The molecule has 162 valence electrons. The number of hydrogen-bond donors (Lipinski definition) is 2. The van der Waals surface area contributed by atoms with E-state index in [0.29, 0.717) is 19.7 Å². The molecule has 3 rings (SSSR count). The van der Waals surface area contributed by atoms with Crippen molar-refractivity contribution in [3.05, 3.63) is 29.8 Å². The highest BCUT2D eigenvalue weighted by Crippen LogP contribution is 2.29. The fraction of sp³-hybridized carbons (Fsp3) is 0.636. The van der Waals surface area contributed by atoms with Crippen molar-refractivity contribution in [1.29, 1.82) is 0 Å². The van der Waals surface area contributed by atoms with E-state index >= 15 is 0 Å². The summed E-state index contributed by atoms with van der Waals surface area (Å²) in [5, 5.41) is 6.48. The van der Waals surface area contributed by atoms with Crippen LogP contribution < -0.4 is 15.5 Å². The first-order valence-electron chi connectivity index (χ1n) is 10.4. The molecule has 0 spiro atoms. The average molecular weight is 424 g/mol. The van der Waals surface area contributed by atoms with Crippen molar-refractivity contribution in [2.24, 2.45) is 11.3 Å². The zero-order chi connectivity index (χ0) is 20.0. The third kappa shape index (κ3) is 5.93. The summed E-state index contributed by atoms with van der Waals surface area (Å²) in [4.78, 5) is 27.0. The smallest absolute Gasteiger partial charge is 0.227 e. The van der Waals surface area contributed by atoms with Crippen LogP contribution in [0.25, 0.3) is 0 Å². The maximum atomic E-state index is 12.7. The van der Waals surface area contributed by atoms with E-state index < -0.39 is 0 Å². The van der Waals surface area contributed by atoms with E-state index in [1.54, 1.807) is 12.0 Å². The van der Waals surface area contributed by atoms with Crippen LogP contribution in [0.3, 0.4) is 0 Å².